The monoisotopic (exact) mass is 2090 g/mol. The molecule has 826 valence electrons. The first-order valence-electron chi connectivity index (χ1n) is 49.7. The van der Waals surface area contributed by atoms with Crippen molar-refractivity contribution in [1.82, 2.24) is 111 Å². The number of nitrogens with zero attached hydrogens (tertiary/aromatic N) is 1. The number of hydrogen-bond donors (Lipinski definition) is 32. The molecule has 39 N–H and O–H groups in total. The second-order valence-electron chi connectivity index (χ2n) is 38.9. The van der Waals surface area contributed by atoms with Gasteiger partial charge in [-0.1, -0.05) is 104 Å². The smallest absolute Gasteiger partial charge is 0.303 e. The number of amides is 16. The van der Waals surface area contributed by atoms with Gasteiger partial charge in [0.1, 0.15) is 84.3 Å². The molecule has 1 aromatic heterocycles. The number of aldehydes is 1. The zero-order valence-corrected chi connectivity index (χ0v) is 86.5. The normalized spacial score (nSPS) is 19.3. The minimum Gasteiger partial charge on any atom is -0.481 e. The molecule has 3 rings (SSSR count). The van der Waals surface area contributed by atoms with E-state index >= 15 is 24.0 Å². The van der Waals surface area contributed by atoms with Gasteiger partial charge in [0, 0.05) is 50.8 Å². The molecule has 1 aliphatic rings. The Morgan fingerprint density at radius 1 is 0.520 bits per heavy atom. The number of aliphatic carboxylic acids is 1. The van der Waals surface area contributed by atoms with Crippen molar-refractivity contribution < 1.29 is 106 Å². The predicted molar refractivity (Wildman–Crippen MR) is 544 cm³/mol. The highest BCUT2D eigenvalue weighted by Gasteiger charge is 2.46. The number of allylic oxidation sites excluding steroid dienone is 2. The zero-order valence-electron chi connectivity index (χ0n) is 86.5. The second kappa shape index (κ2) is 65.4. The van der Waals surface area contributed by atoms with Crippen molar-refractivity contribution in [1.29, 1.82) is 16.2 Å². The number of guanidine groups is 3. The number of carboxylic acid groups (broad SMARTS) is 1. The number of nitrogens with one attached hydrogen (secondary N) is 23. The molecule has 148 heavy (non-hydrogen) atoms. The first-order chi connectivity index (χ1) is 69.6. The fourth-order valence-electron chi connectivity index (χ4n) is 15.9. The Balaban J connectivity index is 2.17. The average Bonchev–Trinajstić information content (AvgIpc) is 0.846. The molecular weight excluding hydrogens is 1930 g/mol. The van der Waals surface area contributed by atoms with Gasteiger partial charge in [-0.2, -0.15) is 0 Å². The van der Waals surface area contributed by atoms with Crippen LogP contribution in [0.1, 0.15) is 229 Å². The Hall–Kier alpha value is -14.2. The number of hydrazine groups is 1. The van der Waals surface area contributed by atoms with Gasteiger partial charge in [-0.15, -0.1) is 0 Å². The number of carbonyl (C=O) groups excluding carboxylic acids is 19. The van der Waals surface area contributed by atoms with E-state index in [-0.39, 0.29) is 135 Å². The van der Waals surface area contributed by atoms with E-state index in [1.807, 2.05) is 0 Å². The quantitative estimate of drug-likeness (QED) is 0.00428. The first-order valence-corrected chi connectivity index (χ1v) is 49.7. The van der Waals surface area contributed by atoms with Crippen LogP contribution in [0.4, 0.5) is 0 Å². The van der Waals surface area contributed by atoms with Crippen molar-refractivity contribution in [3.05, 3.63) is 66.3 Å². The van der Waals surface area contributed by atoms with Gasteiger partial charge in [-0.25, -0.2) is 10.4 Å². The number of rotatable bonds is 61. The van der Waals surface area contributed by atoms with E-state index in [2.05, 4.69) is 111 Å². The van der Waals surface area contributed by atoms with Crippen molar-refractivity contribution in [2.24, 2.45) is 63.9 Å². The molecule has 1 aliphatic heterocycles. The van der Waals surface area contributed by atoms with Crippen LogP contribution in [0.2, 0.25) is 0 Å². The van der Waals surface area contributed by atoms with Gasteiger partial charge in [0.05, 0.1) is 48.9 Å². The van der Waals surface area contributed by atoms with Crippen LogP contribution in [-0.4, -0.2) is 290 Å². The number of hydrogen-bond acceptors (Lipinski definition) is 29. The third-order valence-corrected chi connectivity index (χ3v) is 24.1. The lowest BCUT2D eigenvalue weighted by molar-refractivity contribution is -0.142. The summed E-state index contributed by atoms with van der Waals surface area (Å²) in [5.74, 6) is -18.4. The third kappa shape index (κ3) is 47.1. The molecule has 2 heterocycles. The summed E-state index contributed by atoms with van der Waals surface area (Å²) in [6, 6.07) is -15.5. The number of H-pyrrole nitrogens is 1. The van der Waals surface area contributed by atoms with E-state index in [0.29, 0.717) is 36.9 Å². The summed E-state index contributed by atoms with van der Waals surface area (Å²) >= 11 is 0. The van der Waals surface area contributed by atoms with E-state index in [1.165, 1.54) is 47.1 Å². The Kier molecular flexibility index (Phi) is 56.5. The van der Waals surface area contributed by atoms with Gasteiger partial charge in [-0.05, 0) is 173 Å². The second-order valence-corrected chi connectivity index (χ2v) is 38.9. The van der Waals surface area contributed by atoms with E-state index in [4.69, 9.17) is 56.5 Å². The molecule has 0 fully saturated rings. The molecule has 1 aromatic carbocycles. The summed E-state index contributed by atoms with van der Waals surface area (Å²) in [5, 5.41) is 90.8. The number of carbonyl (C=O) groups is 20. The Morgan fingerprint density at radius 2 is 1.01 bits per heavy atom. The molecule has 0 saturated carbocycles. The van der Waals surface area contributed by atoms with Crippen molar-refractivity contribution >= 4 is 136 Å². The number of unbranched alkanes of at least 4 members (excludes halogenated alkanes) is 1. The number of primary amides is 2. The fourth-order valence-corrected chi connectivity index (χ4v) is 15.9. The number of benzene rings is 1. The van der Waals surface area contributed by atoms with Crippen molar-refractivity contribution in [2.45, 2.75) is 339 Å². The molecule has 0 spiro atoms. The largest absolute Gasteiger partial charge is 0.481 e. The number of aliphatic hydroxyl groups is 1. The number of Topliss-reactive ketones (excluding diaryl/α,β-unsaturated/α-hetero) is 2. The third-order valence-electron chi connectivity index (χ3n) is 24.1. The summed E-state index contributed by atoms with van der Waals surface area (Å²) in [7, 11) is 0. The van der Waals surface area contributed by atoms with Gasteiger partial charge in [0.25, 0.3) is 0 Å². The minimum atomic E-state index is -2.07. The van der Waals surface area contributed by atoms with Crippen LogP contribution in [0, 0.1) is 39.9 Å². The van der Waals surface area contributed by atoms with Crippen LogP contribution in [-0.2, 0) is 109 Å². The van der Waals surface area contributed by atoms with Crippen LogP contribution < -0.4 is 141 Å². The molecule has 2 aromatic rings. The first kappa shape index (κ1) is 128. The summed E-state index contributed by atoms with van der Waals surface area (Å²) in [5.41, 5.74) is 33.1. The van der Waals surface area contributed by atoms with Crippen molar-refractivity contribution in [3.63, 3.8) is 0 Å². The van der Waals surface area contributed by atoms with E-state index in [0.717, 1.165) is 6.92 Å². The van der Waals surface area contributed by atoms with E-state index in [1.54, 1.807) is 84.0 Å². The number of carboxylic acids is 1. The highest BCUT2D eigenvalue weighted by molar-refractivity contribution is 6.41. The number of aromatic amines is 1. The van der Waals surface area contributed by atoms with Gasteiger partial charge < -0.3 is 145 Å². The van der Waals surface area contributed by atoms with Crippen LogP contribution in [0.5, 0.6) is 0 Å². The number of ketones is 2. The fraction of sp³-hybridized carbons (Fsp3) is 0.642. The van der Waals surface area contributed by atoms with Gasteiger partial charge in [0.15, 0.2) is 17.9 Å². The molecule has 0 bridgehead atoms. The molecule has 16 amide bonds. The Labute approximate surface area is 860 Å². The average molecular weight is 2090 g/mol. The van der Waals surface area contributed by atoms with Crippen molar-refractivity contribution in [2.75, 3.05) is 26.2 Å². The lowest BCUT2D eigenvalue weighted by Gasteiger charge is -2.36. The zero-order chi connectivity index (χ0) is 111. The summed E-state index contributed by atoms with van der Waals surface area (Å²) in [6.07, 6.45) is 1.64. The molecular formula is C95H159N31O22. The molecule has 0 aliphatic carbocycles. The lowest BCUT2D eigenvalue weighted by atomic mass is 9.88. The standard InChI is InChI=1S/C95H159N31O22/c1-50(2)41-65(83(141)113-60(31-25-39-108-92(101)102)79(137)114-62(33-34-71(131)132)78(136)112-58(48-127)44-57-47-106-49-110-57)118-88(146)74(55(10)128)122-77(135)54(9)111-82(140)67(43-56-27-18-17-19-28-56)120-89(147)95(12)36-22-16-14-13-15-21-35-94(11,90(148)123-73(53(7)8)87(145)119-68(46-70(98)130)84(142)117-66(42-51(3)4)85(143)125-95)124-59(30-24-38-107-91(99)100)75(133)76(134)64(45-69(97)129)116-80(138)61(32-26-40-109-93(103)104)115-86(144)72(52(5)6)121-81(139)63(126-105)29-20-23-37-96/h13-14,17-19,27-28,47-55,58-68,72-74,124,126,128H,15-16,20-26,29-46,96,105H2,1-12H3,(H2,97,129)(H2,98,130)(H,106,110)(H,111,140)(H,112,136)(H,113,141)(H,114,137)(H,115,144)(H,116,138)(H,117,142)(H,118,146)(H,119,145)(H,120,147)(H,121,139)(H,122,135)(H,123,148)(H,125,143)(H,131,132)(H4,99,100,107)(H4,101,102,108)(H4,103,104,109)/b14-13-/t54?,55-,58+,59+,60+,61+,62?,63+,64?,65?,66?,67+,68+,72?,73?,74+,94?,95?/m1/s1. The van der Waals surface area contributed by atoms with Crippen LogP contribution in [0.15, 0.2) is 55.0 Å². The van der Waals surface area contributed by atoms with Crippen molar-refractivity contribution in [3.8, 4) is 0 Å². The number of aromatic nitrogens is 2. The maximum absolute atomic E-state index is 15.5. The van der Waals surface area contributed by atoms with E-state index in [9.17, 15) is 82.1 Å². The van der Waals surface area contributed by atoms with Crippen LogP contribution >= 0.6 is 0 Å². The van der Waals surface area contributed by atoms with Gasteiger partial charge >= 0.3 is 5.97 Å². The topological polar surface area (TPSA) is 893 Å². The highest BCUT2D eigenvalue weighted by atomic mass is 16.4. The van der Waals surface area contributed by atoms with E-state index < -0.39 is 281 Å². The van der Waals surface area contributed by atoms with Crippen LogP contribution in [0.25, 0.3) is 0 Å². The maximum atomic E-state index is 15.5. The lowest BCUT2D eigenvalue weighted by Crippen LogP contribution is -2.65. The number of aliphatic hydroxyl groups excluding tert-OH is 1. The Bertz CT molecular complexity index is 4830. The highest BCUT2D eigenvalue weighted by Crippen LogP contribution is 2.24. The predicted octanol–water partition coefficient (Wildman–Crippen LogP) is -6.49. The number of imidazole rings is 1. The molecule has 18 atom stereocenters. The summed E-state index contributed by atoms with van der Waals surface area (Å²) in [6.45, 7) is 18.3. The minimum absolute atomic E-state index is 0.00736. The molecule has 53 heteroatoms. The Morgan fingerprint density at radius 3 is 1.51 bits per heavy atom. The van der Waals surface area contributed by atoms with Gasteiger partial charge in [0.2, 0.25) is 106 Å². The number of nitrogens with two attached hydrogens (primary N) is 7. The summed E-state index contributed by atoms with van der Waals surface area (Å²) in [4.78, 5) is 292. The molecule has 0 radical (unpaired) electrons. The molecule has 53 nitrogen and oxygen atoms in total. The maximum Gasteiger partial charge on any atom is 0.303 e. The SMILES string of the molecule is CC(C)CC1NC(=O)[C@H](CC(N)=O)NC(=O)C(C(C)C)NC(=O)C(C)(N[C@@H](CCCNC(=N)N)C(=O)C(=O)C(CC(N)=O)NC(=O)[C@H](CCCNC(=N)N)NC(=O)C(NC(=O)[C@H](CCCCN)NN)C(C)C)CCC/C=C\CCCC(C)(C(=O)N[C@@H](Cc2ccccc2)C(=O)NC(C)C(=O)N[C@H](C(=O)NC(CC(C)C)C(=O)N[C@@H](CCCNC(=N)N)C(=O)NC(CCC(=O)O)C(=O)N[C@H](C=O)Cc2cnc[nH]2)[C@@H](C)O)NC1=O. The van der Waals surface area contributed by atoms with Gasteiger partial charge in [-0.3, -0.25) is 118 Å². The summed E-state index contributed by atoms with van der Waals surface area (Å²) < 4.78 is 0. The van der Waals surface area contributed by atoms with Crippen LogP contribution in [0.3, 0.4) is 0 Å². The molecule has 9 unspecified atom stereocenters. The molecule has 0 saturated heterocycles.